The Morgan fingerprint density at radius 2 is 1.03 bits per heavy atom. The van der Waals surface area contributed by atoms with E-state index >= 15 is 0 Å². The molecular formula is C67H76N16O10. The van der Waals surface area contributed by atoms with Crippen molar-refractivity contribution >= 4 is 81.0 Å². The van der Waals surface area contributed by atoms with E-state index in [4.69, 9.17) is 18.9 Å². The van der Waals surface area contributed by atoms with Crippen LogP contribution < -0.4 is 51.8 Å². The Balaban J connectivity index is 0.000000152. The molecule has 0 aliphatic carbocycles. The molecule has 4 fully saturated rings. The van der Waals surface area contributed by atoms with Gasteiger partial charge >= 0.3 is 17.9 Å². The average Bonchev–Trinajstić information content (AvgIpc) is 1.60. The number of imidazole rings is 2. The van der Waals surface area contributed by atoms with Crippen LogP contribution in [0.25, 0.3) is 22.3 Å². The van der Waals surface area contributed by atoms with Gasteiger partial charge in [0.2, 0.25) is 23.7 Å². The number of benzene rings is 4. The zero-order valence-corrected chi connectivity index (χ0v) is 53.5. The Kier molecular flexibility index (Phi) is 18.5. The van der Waals surface area contributed by atoms with Crippen molar-refractivity contribution in [3.63, 3.8) is 0 Å². The number of ether oxygens (including phenoxy) is 4. The standard InChI is InChI=1S/C31H35N7O4.C22H20N6O3.C14H21N3O3/c1-6-31-19(4)23(33-20(31)5)28(42-31)37-17-32-24-25(37)34-29(35-26(39)18(2)3)36-27(24)41-30(40)38(21-13-9-7-10-14-21)22-15-11-8-12-16-22;1-14(2)19(29)26-21-25-18-17(23-13-24-18)20(27-21)31-22(30)28(15-9-5-3-6-10-15)16-11-7-4-8-12-16;1-5-14-8(3)10(15-9(14)4)12(20-14)17-6-7(2)11(18)16-13(17)19/h7-20,23,28,33H,6H2,1-5H3,(H,34,35,36,39);3-14H,1-2H3,(H2,23,24,25,26,27,29);6,8-10,12,15H,5H2,1-4H3,(H,16,18,19)/t19-,20-,23+,28+,31+;;8-,9-,10+,12+,14+/m0.0/s1. The number of para-hydroxylation sites is 4. The third kappa shape index (κ3) is 12.5. The second-order valence-corrected chi connectivity index (χ2v) is 24.2. The molecule has 26 heteroatoms. The minimum absolute atomic E-state index is 0.00655. The average molecular weight is 1270 g/mol. The highest BCUT2D eigenvalue weighted by Gasteiger charge is 2.62. The zero-order chi connectivity index (χ0) is 66.0. The number of carbonyl (C=O) groups excluding carboxylic acids is 4. The van der Waals surface area contributed by atoms with Crippen LogP contribution in [0.15, 0.2) is 150 Å². The van der Waals surface area contributed by atoms with Crippen molar-refractivity contribution in [1.82, 2.24) is 59.6 Å². The third-order valence-corrected chi connectivity index (χ3v) is 18.0. The highest BCUT2D eigenvalue weighted by molar-refractivity contribution is 6.00. The highest BCUT2D eigenvalue weighted by Crippen LogP contribution is 2.52. The molecule has 13 rings (SSSR count). The van der Waals surface area contributed by atoms with Gasteiger partial charge in [-0.2, -0.15) is 19.9 Å². The molecule has 4 saturated heterocycles. The van der Waals surface area contributed by atoms with Crippen LogP contribution in [0.5, 0.6) is 11.8 Å². The lowest BCUT2D eigenvalue weighted by molar-refractivity contribution is -0.122. The molecule has 4 aliphatic heterocycles. The largest absolute Gasteiger partial charge is 0.425 e. The fourth-order valence-electron chi connectivity index (χ4n) is 12.8. The number of carbonyl (C=O) groups is 4. The molecule has 4 aromatic carbocycles. The number of hydrogen-bond acceptors (Lipinski definition) is 18. The molecule has 0 radical (unpaired) electrons. The number of morpholine rings is 2. The molecule has 9 heterocycles. The summed E-state index contributed by atoms with van der Waals surface area (Å²) in [6.45, 7) is 21.6. The first kappa shape index (κ1) is 64.5. The first-order valence-electron chi connectivity index (χ1n) is 31.2. The number of hydrogen-bond donors (Lipinski definition) is 6. The van der Waals surface area contributed by atoms with Gasteiger partial charge in [-0.05, 0) is 82.1 Å². The maximum absolute atomic E-state index is 13.8. The quantitative estimate of drug-likeness (QED) is 0.0589. The highest BCUT2D eigenvalue weighted by atomic mass is 16.6. The molecule has 5 aromatic heterocycles. The number of rotatable bonds is 14. The summed E-state index contributed by atoms with van der Waals surface area (Å²) in [4.78, 5) is 110. The third-order valence-electron chi connectivity index (χ3n) is 18.0. The molecule has 0 spiro atoms. The molecular weight excluding hydrogens is 1190 g/mol. The Labute approximate surface area is 535 Å². The summed E-state index contributed by atoms with van der Waals surface area (Å²) in [5.74, 6) is -0.609. The second kappa shape index (κ2) is 26.7. The van der Waals surface area contributed by atoms with Crippen LogP contribution in [-0.4, -0.2) is 108 Å². The van der Waals surface area contributed by atoms with Crippen LogP contribution in [0.1, 0.15) is 100 Å². The fourth-order valence-corrected chi connectivity index (χ4v) is 12.8. The number of aromatic nitrogens is 10. The van der Waals surface area contributed by atoms with E-state index in [2.05, 4.69) is 103 Å². The van der Waals surface area contributed by atoms with Gasteiger partial charge in [0.15, 0.2) is 29.3 Å². The summed E-state index contributed by atoms with van der Waals surface area (Å²) < 4.78 is 27.9. The number of H-pyrrole nitrogens is 2. The normalized spacial score (nSPS) is 23.2. The van der Waals surface area contributed by atoms with Crippen molar-refractivity contribution in [3.05, 3.63) is 167 Å². The molecule has 484 valence electrons. The smallest absolute Gasteiger partial charge is 0.388 e. The van der Waals surface area contributed by atoms with Crippen LogP contribution >= 0.6 is 0 Å². The predicted molar refractivity (Wildman–Crippen MR) is 349 cm³/mol. The number of anilines is 6. The number of nitrogens with one attached hydrogen (secondary N) is 6. The molecule has 93 heavy (non-hydrogen) atoms. The minimum Gasteiger partial charge on any atom is -0.388 e. The first-order chi connectivity index (χ1) is 44.7. The molecule has 4 bridgehead atoms. The van der Waals surface area contributed by atoms with Gasteiger partial charge in [-0.25, -0.2) is 34.2 Å². The van der Waals surface area contributed by atoms with Gasteiger partial charge in [0.1, 0.15) is 5.52 Å². The lowest BCUT2D eigenvalue weighted by Crippen LogP contribution is -2.51. The van der Waals surface area contributed by atoms with E-state index in [9.17, 15) is 28.8 Å². The SMILES string of the molecule is CC(C)C(=O)Nc1nc(OC(=O)N(c2ccccc2)c2ccccc2)c2[nH]cnc2n1.CC[C@]12O[C@@H](n3cc(C)c(=O)[nH]c3=O)[C@H](N[C@H]1C)[C@@H]2C.CC[C@]12O[C@@H](n3cnc4c(OC(=O)N(c5ccccc5)c5ccccc5)nc(NC(=O)C(C)C)nc43)[C@H](N[C@H]1C)[C@@H]2C. The van der Waals surface area contributed by atoms with Crippen LogP contribution in [0, 0.1) is 30.6 Å². The topological polar surface area (TPSA) is 313 Å². The number of aryl methyl sites for hydroxylation is 1. The second-order valence-electron chi connectivity index (χ2n) is 24.2. The first-order valence-corrected chi connectivity index (χ1v) is 31.2. The molecule has 0 unspecified atom stereocenters. The maximum Gasteiger partial charge on any atom is 0.425 e. The van der Waals surface area contributed by atoms with Crippen molar-refractivity contribution in [2.45, 2.75) is 137 Å². The van der Waals surface area contributed by atoms with Crippen molar-refractivity contribution in [3.8, 4) is 11.8 Å². The van der Waals surface area contributed by atoms with Gasteiger partial charge in [0.05, 0.1) is 58.7 Å². The molecule has 6 N–H and O–H groups in total. The van der Waals surface area contributed by atoms with Gasteiger partial charge in [-0.1, -0.05) is 128 Å². The van der Waals surface area contributed by atoms with Crippen LogP contribution in [0.4, 0.5) is 44.2 Å². The van der Waals surface area contributed by atoms with E-state index in [1.807, 2.05) is 102 Å². The van der Waals surface area contributed by atoms with Crippen molar-refractivity contribution in [2.75, 3.05) is 20.4 Å². The van der Waals surface area contributed by atoms with Crippen molar-refractivity contribution < 1.29 is 38.1 Å². The van der Waals surface area contributed by atoms with Crippen molar-refractivity contribution in [2.24, 2.45) is 23.7 Å². The minimum atomic E-state index is -0.687. The van der Waals surface area contributed by atoms with E-state index in [1.54, 1.807) is 71.4 Å². The van der Waals surface area contributed by atoms with Crippen LogP contribution in [0.3, 0.4) is 0 Å². The maximum atomic E-state index is 13.8. The lowest BCUT2D eigenvalue weighted by Gasteiger charge is -2.37. The summed E-state index contributed by atoms with van der Waals surface area (Å²) in [5, 5.41) is 12.6. The molecule has 0 saturated carbocycles. The summed E-state index contributed by atoms with van der Waals surface area (Å²) in [6.07, 6.45) is 4.27. The number of amides is 4. The molecule has 4 aliphatic rings. The summed E-state index contributed by atoms with van der Waals surface area (Å²) in [5.41, 5.74) is 2.98. The molecule has 26 nitrogen and oxygen atoms in total. The monoisotopic (exact) mass is 1260 g/mol. The number of aromatic amines is 2. The van der Waals surface area contributed by atoms with Gasteiger partial charge in [0, 0.05) is 47.5 Å². The lowest BCUT2D eigenvalue weighted by atomic mass is 9.84. The van der Waals surface area contributed by atoms with E-state index < -0.39 is 24.1 Å². The Morgan fingerprint density at radius 1 is 0.602 bits per heavy atom. The van der Waals surface area contributed by atoms with Gasteiger partial charge in [-0.3, -0.25) is 39.1 Å². The summed E-state index contributed by atoms with van der Waals surface area (Å²) in [7, 11) is 0. The van der Waals surface area contributed by atoms with E-state index in [-0.39, 0.29) is 112 Å². The van der Waals surface area contributed by atoms with E-state index in [0.29, 0.717) is 45.4 Å². The number of nitrogens with zero attached hydrogens (tertiary/aromatic N) is 10. The van der Waals surface area contributed by atoms with Crippen LogP contribution in [0.2, 0.25) is 0 Å². The van der Waals surface area contributed by atoms with E-state index in [0.717, 1.165) is 12.8 Å². The zero-order valence-electron chi connectivity index (χ0n) is 53.5. The molecule has 9 aromatic rings. The van der Waals surface area contributed by atoms with Gasteiger partial charge in [-0.15, -0.1) is 0 Å². The van der Waals surface area contributed by atoms with Gasteiger partial charge < -0.3 is 34.6 Å². The molecule has 4 amide bonds. The van der Waals surface area contributed by atoms with Crippen molar-refractivity contribution in [1.29, 1.82) is 0 Å². The summed E-state index contributed by atoms with van der Waals surface area (Å²) >= 11 is 0. The predicted octanol–water partition coefficient (Wildman–Crippen LogP) is 10.2. The summed E-state index contributed by atoms with van der Waals surface area (Å²) in [6, 6.07) is 37.2. The van der Waals surface area contributed by atoms with E-state index in [1.165, 1.54) is 20.7 Å². The Hall–Kier alpha value is -10.0. The number of fused-ring (bicyclic) bond motifs is 6. The van der Waals surface area contributed by atoms with Gasteiger partial charge in [0.25, 0.3) is 17.3 Å². The fraction of sp³-hybridized carbons (Fsp3) is 0.373. The van der Waals surface area contributed by atoms with Crippen LogP contribution in [-0.2, 0) is 19.1 Å². The Bertz CT molecular complexity index is 4220. The Morgan fingerprint density at radius 3 is 1.47 bits per heavy atom. The molecule has 10 atom stereocenters.